The van der Waals surface area contributed by atoms with E-state index in [-0.39, 0.29) is 29.8 Å². The minimum atomic E-state index is -0.283. The Balaban J connectivity index is 1.50. The lowest BCUT2D eigenvalue weighted by molar-refractivity contribution is 0.237. The normalized spacial score (nSPS) is 21.6. The van der Waals surface area contributed by atoms with E-state index >= 15 is 0 Å². The van der Waals surface area contributed by atoms with Crippen LogP contribution in [-0.2, 0) is 0 Å². The van der Waals surface area contributed by atoms with Crippen molar-refractivity contribution in [3.63, 3.8) is 0 Å². The number of rotatable bonds is 4. The van der Waals surface area contributed by atoms with Crippen molar-refractivity contribution in [2.75, 3.05) is 0 Å². The summed E-state index contributed by atoms with van der Waals surface area (Å²) >= 11 is 0. The van der Waals surface area contributed by atoms with E-state index < -0.39 is 0 Å². The summed E-state index contributed by atoms with van der Waals surface area (Å²) in [6.45, 7) is 1.86. The number of benzene rings is 1. The fourth-order valence-electron chi connectivity index (χ4n) is 2.41. The first-order chi connectivity index (χ1) is 10.1. The Hall–Kier alpha value is -2.30. The standard InChI is InChI=1S/C16H17FN2O2/c1-10(11-4-6-12(17)7-5-11)18-16(20)19-14-9-13(14)15-3-2-8-21-15/h2-8,10,13-14H,9H2,1H3,(H2,18,19,20)/t10-,13-,14-/m1/s1. The second-order valence-corrected chi connectivity index (χ2v) is 5.36. The minimum Gasteiger partial charge on any atom is -0.469 e. The predicted molar refractivity (Wildman–Crippen MR) is 76.3 cm³/mol. The number of nitrogens with one attached hydrogen (secondary N) is 2. The van der Waals surface area contributed by atoms with Gasteiger partial charge in [-0.15, -0.1) is 0 Å². The molecule has 0 radical (unpaired) electrons. The molecular formula is C16H17FN2O2. The van der Waals surface area contributed by atoms with Gasteiger partial charge in [-0.25, -0.2) is 9.18 Å². The number of hydrogen-bond donors (Lipinski definition) is 2. The Kier molecular flexibility index (Phi) is 3.64. The lowest BCUT2D eigenvalue weighted by Gasteiger charge is -2.15. The summed E-state index contributed by atoms with van der Waals surface area (Å²) in [7, 11) is 0. The number of hydrogen-bond acceptors (Lipinski definition) is 2. The van der Waals surface area contributed by atoms with Crippen LogP contribution in [0.5, 0.6) is 0 Å². The van der Waals surface area contributed by atoms with Gasteiger partial charge in [0.25, 0.3) is 0 Å². The summed E-state index contributed by atoms with van der Waals surface area (Å²) in [5.74, 6) is 0.897. The third kappa shape index (κ3) is 3.24. The highest BCUT2D eigenvalue weighted by Gasteiger charge is 2.41. The molecule has 0 spiro atoms. The molecule has 0 unspecified atom stereocenters. The number of halogens is 1. The van der Waals surface area contributed by atoms with Crippen molar-refractivity contribution in [1.29, 1.82) is 0 Å². The molecule has 2 amide bonds. The lowest BCUT2D eigenvalue weighted by Crippen LogP contribution is -2.38. The fourth-order valence-corrected chi connectivity index (χ4v) is 2.41. The monoisotopic (exact) mass is 288 g/mol. The average molecular weight is 288 g/mol. The Bertz CT molecular complexity index is 610. The van der Waals surface area contributed by atoms with Crippen molar-refractivity contribution in [1.82, 2.24) is 10.6 Å². The third-order valence-corrected chi connectivity index (χ3v) is 3.73. The van der Waals surface area contributed by atoms with Crippen molar-refractivity contribution < 1.29 is 13.6 Å². The highest BCUT2D eigenvalue weighted by molar-refractivity contribution is 5.75. The molecule has 110 valence electrons. The molecule has 5 heteroatoms. The highest BCUT2D eigenvalue weighted by atomic mass is 19.1. The van der Waals surface area contributed by atoms with Crippen LogP contribution in [0, 0.1) is 5.82 Å². The van der Waals surface area contributed by atoms with E-state index in [0.29, 0.717) is 0 Å². The third-order valence-electron chi connectivity index (χ3n) is 3.73. The van der Waals surface area contributed by atoms with Crippen LogP contribution in [0.2, 0.25) is 0 Å². The highest BCUT2D eigenvalue weighted by Crippen LogP contribution is 2.40. The second kappa shape index (κ2) is 5.60. The summed E-state index contributed by atoms with van der Waals surface area (Å²) in [4.78, 5) is 11.9. The number of carbonyl (C=O) groups is 1. The molecular weight excluding hydrogens is 271 g/mol. The number of furan rings is 1. The molecule has 1 aliphatic carbocycles. The van der Waals surface area contributed by atoms with Gasteiger partial charge < -0.3 is 15.1 Å². The molecule has 3 rings (SSSR count). The van der Waals surface area contributed by atoms with Crippen LogP contribution in [0.15, 0.2) is 47.1 Å². The average Bonchev–Trinajstić information content (AvgIpc) is 3.00. The number of carbonyl (C=O) groups excluding carboxylic acids is 1. The molecule has 0 aliphatic heterocycles. The van der Waals surface area contributed by atoms with Crippen LogP contribution in [0.3, 0.4) is 0 Å². The smallest absolute Gasteiger partial charge is 0.315 e. The molecule has 2 N–H and O–H groups in total. The SMILES string of the molecule is C[C@@H](NC(=O)N[C@@H]1C[C@H]1c1ccco1)c1ccc(F)cc1. The van der Waals surface area contributed by atoms with E-state index in [2.05, 4.69) is 10.6 Å². The van der Waals surface area contributed by atoms with Gasteiger partial charge in [-0.3, -0.25) is 0 Å². The summed E-state index contributed by atoms with van der Waals surface area (Å²) in [5, 5.41) is 5.77. The van der Waals surface area contributed by atoms with Gasteiger partial charge in [-0.1, -0.05) is 12.1 Å². The Morgan fingerprint density at radius 1 is 1.33 bits per heavy atom. The predicted octanol–water partition coefficient (Wildman–Crippen LogP) is 3.34. The van der Waals surface area contributed by atoms with Crippen molar-refractivity contribution in [3.8, 4) is 0 Å². The van der Waals surface area contributed by atoms with E-state index in [4.69, 9.17) is 4.42 Å². The van der Waals surface area contributed by atoms with Crippen molar-refractivity contribution in [3.05, 3.63) is 59.8 Å². The Morgan fingerprint density at radius 2 is 2.10 bits per heavy atom. The zero-order valence-corrected chi connectivity index (χ0v) is 11.7. The second-order valence-electron chi connectivity index (χ2n) is 5.36. The first kappa shape index (κ1) is 13.7. The van der Waals surface area contributed by atoms with Crippen molar-refractivity contribution in [2.45, 2.75) is 31.3 Å². The van der Waals surface area contributed by atoms with E-state index in [1.165, 1.54) is 12.1 Å². The quantitative estimate of drug-likeness (QED) is 0.906. The maximum Gasteiger partial charge on any atom is 0.315 e. The number of amides is 2. The Labute approximate surface area is 122 Å². The molecule has 1 aliphatic rings. The minimum absolute atomic E-state index is 0.122. The van der Waals surface area contributed by atoms with E-state index in [9.17, 15) is 9.18 Å². The zero-order valence-electron chi connectivity index (χ0n) is 11.7. The van der Waals surface area contributed by atoms with Crippen molar-refractivity contribution >= 4 is 6.03 Å². The molecule has 1 fully saturated rings. The first-order valence-corrected chi connectivity index (χ1v) is 6.99. The van der Waals surface area contributed by atoms with Gasteiger partial charge >= 0.3 is 6.03 Å². The van der Waals surface area contributed by atoms with Gasteiger partial charge in [0.05, 0.1) is 12.3 Å². The van der Waals surface area contributed by atoms with E-state index in [1.54, 1.807) is 18.4 Å². The maximum atomic E-state index is 12.9. The molecule has 0 saturated heterocycles. The fraction of sp³-hybridized carbons (Fsp3) is 0.312. The molecule has 1 heterocycles. The van der Waals surface area contributed by atoms with Gasteiger partial charge in [-0.05, 0) is 43.2 Å². The molecule has 3 atom stereocenters. The molecule has 1 aromatic heterocycles. The zero-order chi connectivity index (χ0) is 14.8. The summed E-state index contributed by atoms with van der Waals surface area (Å²) in [5.41, 5.74) is 0.866. The first-order valence-electron chi connectivity index (χ1n) is 6.99. The summed E-state index contributed by atoms with van der Waals surface area (Å²) in [6, 6.07) is 9.62. The van der Waals surface area contributed by atoms with E-state index in [0.717, 1.165) is 17.7 Å². The van der Waals surface area contributed by atoms with Gasteiger partial charge in [0.2, 0.25) is 0 Å². The van der Waals surface area contributed by atoms with Gasteiger partial charge in [-0.2, -0.15) is 0 Å². The molecule has 2 aromatic rings. The topological polar surface area (TPSA) is 54.3 Å². The molecule has 1 saturated carbocycles. The van der Waals surface area contributed by atoms with Crippen LogP contribution in [0.4, 0.5) is 9.18 Å². The van der Waals surface area contributed by atoms with Crippen molar-refractivity contribution in [2.24, 2.45) is 0 Å². The van der Waals surface area contributed by atoms with Crippen LogP contribution in [-0.4, -0.2) is 12.1 Å². The number of urea groups is 1. The Morgan fingerprint density at radius 3 is 2.76 bits per heavy atom. The molecule has 0 bridgehead atoms. The maximum absolute atomic E-state index is 12.9. The molecule has 1 aromatic carbocycles. The largest absolute Gasteiger partial charge is 0.469 e. The molecule has 4 nitrogen and oxygen atoms in total. The summed E-state index contributed by atoms with van der Waals surface area (Å²) < 4.78 is 18.2. The lowest BCUT2D eigenvalue weighted by atomic mass is 10.1. The molecule has 21 heavy (non-hydrogen) atoms. The van der Waals surface area contributed by atoms with Crippen LogP contribution in [0.1, 0.15) is 36.6 Å². The van der Waals surface area contributed by atoms with E-state index in [1.807, 2.05) is 19.1 Å². The van der Waals surface area contributed by atoms with Crippen LogP contribution < -0.4 is 10.6 Å². The van der Waals surface area contributed by atoms with Crippen LogP contribution in [0.25, 0.3) is 0 Å². The summed E-state index contributed by atoms with van der Waals surface area (Å²) in [6.07, 6.45) is 2.53. The van der Waals surface area contributed by atoms with Gasteiger partial charge in [0.15, 0.2) is 0 Å². The van der Waals surface area contributed by atoms with Gasteiger partial charge in [0, 0.05) is 12.0 Å². The van der Waals surface area contributed by atoms with Gasteiger partial charge in [0.1, 0.15) is 11.6 Å². The van der Waals surface area contributed by atoms with Crippen LogP contribution >= 0.6 is 0 Å².